The molecular weight excluding hydrogens is 252 g/mol. The van der Waals surface area contributed by atoms with Gasteiger partial charge < -0.3 is 11.1 Å². The predicted molar refractivity (Wildman–Crippen MR) is 74.7 cm³/mol. The second kappa shape index (κ2) is 5.55. The van der Waals surface area contributed by atoms with Crippen LogP contribution in [0.3, 0.4) is 0 Å². The van der Waals surface area contributed by atoms with Crippen LogP contribution in [-0.2, 0) is 0 Å². The summed E-state index contributed by atoms with van der Waals surface area (Å²) in [4.78, 5) is 12.0. The molecule has 96 valence electrons. The van der Waals surface area contributed by atoms with E-state index < -0.39 is 0 Å². The highest BCUT2D eigenvalue weighted by Crippen LogP contribution is 2.20. The van der Waals surface area contributed by atoms with Crippen LogP contribution < -0.4 is 11.1 Å². The number of nitrogens with zero attached hydrogens (tertiary/aromatic N) is 2. The van der Waals surface area contributed by atoms with E-state index in [4.69, 9.17) is 16.3 Å². The van der Waals surface area contributed by atoms with Gasteiger partial charge in [-0.1, -0.05) is 6.07 Å². The zero-order chi connectivity index (χ0) is 14.5. The van der Waals surface area contributed by atoms with E-state index in [0.29, 0.717) is 28.1 Å². The lowest BCUT2D eigenvalue weighted by molar-refractivity contribution is 0.102. The van der Waals surface area contributed by atoms with Gasteiger partial charge in [-0.3, -0.25) is 4.79 Å². The van der Waals surface area contributed by atoms with Crippen LogP contribution in [-0.4, -0.2) is 5.91 Å². The van der Waals surface area contributed by atoms with Gasteiger partial charge in [-0.25, -0.2) is 0 Å². The van der Waals surface area contributed by atoms with E-state index in [1.54, 1.807) is 30.3 Å². The maximum atomic E-state index is 12.0. The maximum absolute atomic E-state index is 12.0. The first-order valence-electron chi connectivity index (χ1n) is 5.75. The molecule has 0 aliphatic carbocycles. The highest BCUT2D eigenvalue weighted by Gasteiger charge is 2.09. The number of benzene rings is 2. The Hall–Kier alpha value is -3.31. The molecular formula is C15H10N4O. The molecule has 0 bridgehead atoms. The van der Waals surface area contributed by atoms with Crippen molar-refractivity contribution in [3.05, 3.63) is 59.2 Å². The molecule has 0 saturated heterocycles. The van der Waals surface area contributed by atoms with Gasteiger partial charge in [0.15, 0.2) is 0 Å². The summed E-state index contributed by atoms with van der Waals surface area (Å²) in [5.41, 5.74) is 7.70. The van der Waals surface area contributed by atoms with Gasteiger partial charge in [0, 0.05) is 5.56 Å². The largest absolute Gasteiger partial charge is 0.397 e. The lowest BCUT2D eigenvalue weighted by Crippen LogP contribution is -2.13. The highest BCUT2D eigenvalue weighted by atomic mass is 16.1. The summed E-state index contributed by atoms with van der Waals surface area (Å²) in [6.45, 7) is 0. The van der Waals surface area contributed by atoms with E-state index >= 15 is 0 Å². The molecule has 0 spiro atoms. The van der Waals surface area contributed by atoms with Gasteiger partial charge >= 0.3 is 0 Å². The van der Waals surface area contributed by atoms with E-state index in [0.717, 1.165) is 0 Å². The number of amides is 1. The summed E-state index contributed by atoms with van der Waals surface area (Å²) in [7, 11) is 0. The van der Waals surface area contributed by atoms with Crippen LogP contribution in [0.4, 0.5) is 11.4 Å². The molecule has 0 saturated carbocycles. The molecule has 0 fully saturated rings. The van der Waals surface area contributed by atoms with Crippen molar-refractivity contribution < 1.29 is 4.79 Å². The normalized spacial score (nSPS) is 9.30. The van der Waals surface area contributed by atoms with Gasteiger partial charge in [-0.2, -0.15) is 10.5 Å². The molecule has 2 aromatic rings. The summed E-state index contributed by atoms with van der Waals surface area (Å²) in [5.74, 6) is -0.362. The summed E-state index contributed by atoms with van der Waals surface area (Å²) in [5, 5.41) is 20.2. The maximum Gasteiger partial charge on any atom is 0.255 e. The summed E-state index contributed by atoms with van der Waals surface area (Å²) in [6.07, 6.45) is 0. The summed E-state index contributed by atoms with van der Waals surface area (Å²) in [6, 6.07) is 14.9. The number of nitrogens with two attached hydrogens (primary N) is 1. The number of nitrogens with one attached hydrogen (secondary N) is 1. The number of carbonyl (C=O) groups excluding carboxylic acids is 1. The highest BCUT2D eigenvalue weighted by molar-refractivity contribution is 6.05. The molecule has 0 aliphatic heterocycles. The first-order valence-corrected chi connectivity index (χ1v) is 5.75. The summed E-state index contributed by atoms with van der Waals surface area (Å²) < 4.78 is 0. The average molecular weight is 262 g/mol. The van der Waals surface area contributed by atoms with Gasteiger partial charge in [0.1, 0.15) is 0 Å². The Labute approximate surface area is 115 Å². The molecule has 0 heterocycles. The Bertz CT molecular complexity index is 753. The lowest BCUT2D eigenvalue weighted by Gasteiger charge is -2.08. The Morgan fingerprint density at radius 2 is 1.75 bits per heavy atom. The Kier molecular flexibility index (Phi) is 3.65. The molecule has 0 aromatic heterocycles. The molecule has 5 nitrogen and oxygen atoms in total. The minimum Gasteiger partial charge on any atom is -0.397 e. The number of anilines is 2. The van der Waals surface area contributed by atoms with Crippen molar-refractivity contribution >= 4 is 17.3 Å². The van der Waals surface area contributed by atoms with Gasteiger partial charge in [0.25, 0.3) is 5.91 Å². The van der Waals surface area contributed by atoms with Crippen LogP contribution in [0, 0.1) is 22.7 Å². The number of hydrogen-bond donors (Lipinski definition) is 2. The van der Waals surface area contributed by atoms with E-state index in [-0.39, 0.29) is 5.91 Å². The Morgan fingerprint density at radius 3 is 2.40 bits per heavy atom. The number of hydrogen-bond acceptors (Lipinski definition) is 4. The van der Waals surface area contributed by atoms with E-state index in [1.165, 1.54) is 12.1 Å². The average Bonchev–Trinajstić information content (AvgIpc) is 2.49. The Balaban J connectivity index is 2.24. The van der Waals surface area contributed by atoms with Crippen LogP contribution in [0.25, 0.3) is 0 Å². The second-order valence-electron chi connectivity index (χ2n) is 4.06. The van der Waals surface area contributed by atoms with Crippen molar-refractivity contribution in [1.29, 1.82) is 10.5 Å². The van der Waals surface area contributed by atoms with Crippen LogP contribution in [0.2, 0.25) is 0 Å². The van der Waals surface area contributed by atoms with Crippen molar-refractivity contribution in [3.8, 4) is 12.1 Å². The van der Waals surface area contributed by atoms with Gasteiger partial charge in [-0.15, -0.1) is 0 Å². The molecule has 5 heteroatoms. The van der Waals surface area contributed by atoms with E-state index in [9.17, 15) is 4.79 Å². The second-order valence-corrected chi connectivity index (χ2v) is 4.06. The molecule has 2 aromatic carbocycles. The third kappa shape index (κ3) is 2.74. The predicted octanol–water partition coefficient (Wildman–Crippen LogP) is 2.26. The topological polar surface area (TPSA) is 103 Å². The SMILES string of the molecule is N#Cc1cccc(C(=O)Nc2ccc(C#N)cc2N)c1. The standard InChI is InChI=1S/C15H10N4O/c16-8-10-2-1-3-12(6-10)15(20)19-14-5-4-11(9-17)7-13(14)18/h1-7H,18H2,(H,19,20). The van der Waals surface area contributed by atoms with Crippen molar-refractivity contribution in [1.82, 2.24) is 0 Å². The van der Waals surface area contributed by atoms with Gasteiger partial charge in [-0.05, 0) is 36.4 Å². The summed E-state index contributed by atoms with van der Waals surface area (Å²) >= 11 is 0. The smallest absolute Gasteiger partial charge is 0.255 e. The van der Waals surface area contributed by atoms with Crippen molar-refractivity contribution in [2.75, 3.05) is 11.1 Å². The van der Waals surface area contributed by atoms with Crippen molar-refractivity contribution in [3.63, 3.8) is 0 Å². The fourth-order valence-corrected chi connectivity index (χ4v) is 1.67. The number of rotatable bonds is 2. The Morgan fingerprint density at radius 1 is 1.05 bits per heavy atom. The molecule has 2 rings (SSSR count). The van der Waals surface area contributed by atoms with Gasteiger partial charge in [0.2, 0.25) is 0 Å². The fraction of sp³-hybridized carbons (Fsp3) is 0. The zero-order valence-corrected chi connectivity index (χ0v) is 10.4. The van der Waals surface area contributed by atoms with Crippen LogP contribution in [0.1, 0.15) is 21.5 Å². The number of carbonyl (C=O) groups is 1. The molecule has 1 amide bonds. The van der Waals surface area contributed by atoms with Gasteiger partial charge in [0.05, 0.1) is 34.6 Å². The number of nitrogen functional groups attached to an aromatic ring is 1. The third-order valence-electron chi connectivity index (χ3n) is 2.68. The van der Waals surface area contributed by atoms with Crippen LogP contribution in [0.5, 0.6) is 0 Å². The number of nitriles is 2. The quantitative estimate of drug-likeness (QED) is 0.810. The fourth-order valence-electron chi connectivity index (χ4n) is 1.67. The minimum absolute atomic E-state index is 0.314. The minimum atomic E-state index is -0.362. The molecule has 20 heavy (non-hydrogen) atoms. The first-order chi connectivity index (χ1) is 9.63. The molecule has 0 atom stereocenters. The zero-order valence-electron chi connectivity index (χ0n) is 10.4. The molecule has 0 unspecified atom stereocenters. The van der Waals surface area contributed by atoms with E-state index in [2.05, 4.69) is 5.32 Å². The lowest BCUT2D eigenvalue weighted by atomic mass is 10.1. The van der Waals surface area contributed by atoms with Crippen molar-refractivity contribution in [2.45, 2.75) is 0 Å². The first kappa shape index (κ1) is 13.1. The van der Waals surface area contributed by atoms with Crippen LogP contribution >= 0.6 is 0 Å². The monoisotopic (exact) mass is 262 g/mol. The van der Waals surface area contributed by atoms with Crippen LogP contribution in [0.15, 0.2) is 42.5 Å². The van der Waals surface area contributed by atoms with E-state index in [1.807, 2.05) is 12.1 Å². The molecule has 0 radical (unpaired) electrons. The molecule has 3 N–H and O–H groups in total. The van der Waals surface area contributed by atoms with Crippen molar-refractivity contribution in [2.24, 2.45) is 0 Å². The molecule has 0 aliphatic rings. The third-order valence-corrected chi connectivity index (χ3v) is 2.68.